The maximum absolute atomic E-state index is 11.7. The first-order chi connectivity index (χ1) is 7.90. The molecule has 6 nitrogen and oxygen atoms in total. The maximum Gasteiger partial charge on any atom is 0.282 e. The fourth-order valence-corrected chi connectivity index (χ4v) is 1.34. The molecule has 0 aliphatic rings. The highest BCUT2D eigenvalue weighted by atomic mass is 35.5. The summed E-state index contributed by atoms with van der Waals surface area (Å²) in [6, 6.07) is 4.42. The summed E-state index contributed by atoms with van der Waals surface area (Å²) < 4.78 is 0. The molecule has 0 radical (unpaired) electrons. The predicted molar refractivity (Wildman–Crippen MR) is 65.9 cm³/mol. The molecule has 2 amide bonds. The van der Waals surface area contributed by atoms with Crippen LogP contribution in [0.5, 0.6) is 0 Å². The van der Waals surface area contributed by atoms with Crippen molar-refractivity contribution in [2.45, 2.75) is 6.92 Å². The zero-order valence-corrected chi connectivity index (χ0v) is 9.78. The van der Waals surface area contributed by atoms with Gasteiger partial charge < -0.3 is 16.8 Å². The van der Waals surface area contributed by atoms with Crippen molar-refractivity contribution >= 4 is 35.1 Å². The summed E-state index contributed by atoms with van der Waals surface area (Å²) in [7, 11) is 0. The van der Waals surface area contributed by atoms with Gasteiger partial charge in [0.25, 0.3) is 5.91 Å². The van der Waals surface area contributed by atoms with Crippen LogP contribution in [0.4, 0.5) is 5.69 Å². The third kappa shape index (κ3) is 3.76. The summed E-state index contributed by atoms with van der Waals surface area (Å²) in [5, 5.41) is 2.83. The molecule has 0 bridgehead atoms. The predicted octanol–water partition coefficient (Wildman–Crippen LogP) is 0.712. The number of aliphatic imine (C=N–C) groups is 1. The average Bonchev–Trinajstić information content (AvgIpc) is 2.19. The van der Waals surface area contributed by atoms with Crippen molar-refractivity contribution < 1.29 is 9.59 Å². The maximum atomic E-state index is 11.7. The van der Waals surface area contributed by atoms with Gasteiger partial charge in [-0.2, -0.15) is 4.99 Å². The van der Waals surface area contributed by atoms with Gasteiger partial charge in [-0.15, -0.1) is 0 Å². The van der Waals surface area contributed by atoms with E-state index < -0.39 is 5.91 Å². The number of rotatable bonds is 2. The smallest absolute Gasteiger partial charge is 0.282 e. The number of hydrogen-bond acceptors (Lipinski definition) is 2. The molecule has 0 heterocycles. The van der Waals surface area contributed by atoms with Crippen molar-refractivity contribution in [2.75, 3.05) is 5.32 Å². The quantitative estimate of drug-likeness (QED) is 0.533. The number of carbonyl (C=O) groups excluding carboxylic acids is 2. The number of nitrogens with two attached hydrogens (primary N) is 2. The molecule has 1 rings (SSSR count). The number of carbonyl (C=O) groups is 2. The summed E-state index contributed by atoms with van der Waals surface area (Å²) in [4.78, 5) is 26.0. The zero-order chi connectivity index (χ0) is 13.0. The molecule has 0 unspecified atom stereocenters. The molecular weight excluding hydrogens is 244 g/mol. The van der Waals surface area contributed by atoms with Gasteiger partial charge in [-0.3, -0.25) is 9.59 Å². The molecule has 0 atom stereocenters. The van der Waals surface area contributed by atoms with Crippen LogP contribution in [0.1, 0.15) is 17.3 Å². The van der Waals surface area contributed by atoms with E-state index in [4.69, 9.17) is 23.1 Å². The van der Waals surface area contributed by atoms with E-state index in [1.54, 1.807) is 6.07 Å². The van der Waals surface area contributed by atoms with Crippen molar-refractivity contribution in [2.24, 2.45) is 16.5 Å². The minimum absolute atomic E-state index is 0.126. The first-order valence-corrected chi connectivity index (χ1v) is 4.99. The first kappa shape index (κ1) is 13.0. The zero-order valence-electron chi connectivity index (χ0n) is 9.03. The van der Waals surface area contributed by atoms with Crippen molar-refractivity contribution in [3.8, 4) is 0 Å². The summed E-state index contributed by atoms with van der Waals surface area (Å²) in [6.45, 7) is 1.32. The Morgan fingerprint density at radius 1 is 1.35 bits per heavy atom. The van der Waals surface area contributed by atoms with Gasteiger partial charge in [0.05, 0.1) is 11.3 Å². The van der Waals surface area contributed by atoms with Crippen LogP contribution in [0.2, 0.25) is 5.02 Å². The third-order valence-electron chi connectivity index (χ3n) is 1.75. The summed E-state index contributed by atoms with van der Waals surface area (Å²) in [6.07, 6.45) is 0. The Morgan fingerprint density at radius 2 is 2.00 bits per heavy atom. The van der Waals surface area contributed by atoms with E-state index in [0.29, 0.717) is 10.7 Å². The van der Waals surface area contributed by atoms with E-state index in [2.05, 4.69) is 10.3 Å². The number of halogens is 1. The second-order valence-corrected chi connectivity index (χ2v) is 3.65. The standard InChI is InChI=1S/C10H11ClN4O2/c1-5(16)14-8-3-2-6(11)4-7(8)9(17)15-10(12)13/h2-4H,1H3,(H,14,16)(H4,12,13,15,17). The van der Waals surface area contributed by atoms with Crippen LogP contribution in [0.15, 0.2) is 23.2 Å². The van der Waals surface area contributed by atoms with Gasteiger partial charge in [0.2, 0.25) is 5.91 Å². The molecule has 0 aliphatic carbocycles. The van der Waals surface area contributed by atoms with Crippen LogP contribution in [0, 0.1) is 0 Å². The van der Waals surface area contributed by atoms with E-state index in [9.17, 15) is 9.59 Å². The molecule has 90 valence electrons. The van der Waals surface area contributed by atoms with Crippen molar-refractivity contribution in [1.82, 2.24) is 0 Å². The molecule has 1 aromatic rings. The molecule has 0 fully saturated rings. The van der Waals surface area contributed by atoms with E-state index >= 15 is 0 Å². The number of hydrogen-bond donors (Lipinski definition) is 3. The lowest BCUT2D eigenvalue weighted by Gasteiger charge is -2.07. The van der Waals surface area contributed by atoms with E-state index in [-0.39, 0.29) is 17.4 Å². The molecular formula is C10H11ClN4O2. The molecule has 1 aromatic carbocycles. The second kappa shape index (κ2) is 5.31. The van der Waals surface area contributed by atoms with E-state index in [0.717, 1.165) is 0 Å². The second-order valence-electron chi connectivity index (χ2n) is 3.21. The fraction of sp³-hybridized carbons (Fsp3) is 0.100. The van der Waals surface area contributed by atoms with Gasteiger partial charge in [0.1, 0.15) is 0 Å². The molecule has 0 aromatic heterocycles. The van der Waals surface area contributed by atoms with Gasteiger partial charge in [0, 0.05) is 11.9 Å². The minimum atomic E-state index is -0.670. The van der Waals surface area contributed by atoms with Crippen molar-refractivity contribution in [3.63, 3.8) is 0 Å². The van der Waals surface area contributed by atoms with Crippen LogP contribution in [0.3, 0.4) is 0 Å². The Kier molecular flexibility index (Phi) is 4.06. The SMILES string of the molecule is CC(=O)Nc1ccc(Cl)cc1C(=O)N=C(N)N. The highest BCUT2D eigenvalue weighted by Crippen LogP contribution is 2.21. The molecule has 0 saturated heterocycles. The molecule has 0 aliphatic heterocycles. The third-order valence-corrected chi connectivity index (χ3v) is 1.99. The van der Waals surface area contributed by atoms with Crippen molar-refractivity contribution in [1.29, 1.82) is 0 Å². The summed E-state index contributed by atoms with van der Waals surface area (Å²) >= 11 is 5.76. The van der Waals surface area contributed by atoms with Crippen LogP contribution < -0.4 is 16.8 Å². The highest BCUT2D eigenvalue weighted by molar-refractivity contribution is 6.31. The Bertz CT molecular complexity index is 495. The largest absolute Gasteiger partial charge is 0.370 e. The van der Waals surface area contributed by atoms with Crippen LogP contribution >= 0.6 is 11.6 Å². The summed E-state index contributed by atoms with van der Waals surface area (Å²) in [5.74, 6) is -1.34. The van der Waals surface area contributed by atoms with Crippen LogP contribution in [-0.4, -0.2) is 17.8 Å². The lowest BCUT2D eigenvalue weighted by atomic mass is 10.1. The van der Waals surface area contributed by atoms with Gasteiger partial charge in [0.15, 0.2) is 5.96 Å². The molecule has 0 saturated carbocycles. The Hall–Kier alpha value is -2.08. The topological polar surface area (TPSA) is 111 Å². The Balaban J connectivity index is 3.19. The average molecular weight is 255 g/mol. The Labute approximate surface area is 103 Å². The first-order valence-electron chi connectivity index (χ1n) is 4.61. The Morgan fingerprint density at radius 3 is 2.53 bits per heavy atom. The summed E-state index contributed by atoms with van der Waals surface area (Å²) in [5.41, 5.74) is 10.6. The molecule has 5 N–H and O–H groups in total. The van der Waals surface area contributed by atoms with Gasteiger partial charge in [-0.25, -0.2) is 0 Å². The number of benzene rings is 1. The molecule has 0 spiro atoms. The van der Waals surface area contributed by atoms with Crippen LogP contribution in [0.25, 0.3) is 0 Å². The van der Waals surface area contributed by atoms with Crippen LogP contribution in [-0.2, 0) is 4.79 Å². The van der Waals surface area contributed by atoms with Gasteiger partial charge >= 0.3 is 0 Å². The normalized spacial score (nSPS) is 9.53. The fourth-order valence-electron chi connectivity index (χ4n) is 1.17. The number of nitrogens with zero attached hydrogens (tertiary/aromatic N) is 1. The number of amides is 2. The van der Waals surface area contributed by atoms with Gasteiger partial charge in [-0.05, 0) is 18.2 Å². The number of anilines is 1. The number of nitrogens with one attached hydrogen (secondary N) is 1. The van der Waals surface area contributed by atoms with Gasteiger partial charge in [-0.1, -0.05) is 11.6 Å². The lowest BCUT2D eigenvalue weighted by molar-refractivity contribution is -0.114. The minimum Gasteiger partial charge on any atom is -0.370 e. The molecule has 7 heteroatoms. The molecule has 17 heavy (non-hydrogen) atoms. The van der Waals surface area contributed by atoms with E-state index in [1.807, 2.05) is 0 Å². The van der Waals surface area contributed by atoms with E-state index in [1.165, 1.54) is 19.1 Å². The lowest BCUT2D eigenvalue weighted by Crippen LogP contribution is -2.24. The van der Waals surface area contributed by atoms with Crippen molar-refractivity contribution in [3.05, 3.63) is 28.8 Å². The monoisotopic (exact) mass is 254 g/mol. The number of guanidine groups is 1. The highest BCUT2D eigenvalue weighted by Gasteiger charge is 2.12.